The number of ether oxygens (including phenoxy) is 1. The van der Waals surface area contributed by atoms with E-state index in [1.807, 2.05) is 6.07 Å². The number of nitrogens with zero attached hydrogens (tertiary/aromatic N) is 1. The normalized spacial score (nSPS) is 18.2. The number of hydrogen-bond acceptors (Lipinski definition) is 3. The van der Waals surface area contributed by atoms with Gasteiger partial charge < -0.3 is 4.74 Å². The third-order valence-electron chi connectivity index (χ3n) is 8.54. The molecule has 0 N–H and O–H groups in total. The lowest BCUT2D eigenvalue weighted by atomic mass is 9.55. The largest absolute Gasteiger partial charge is 0.469 e. The van der Waals surface area contributed by atoms with Crippen molar-refractivity contribution in [3.63, 3.8) is 0 Å². The molecule has 0 aliphatic rings. The third kappa shape index (κ3) is 5.71. The number of benzene rings is 1. The predicted octanol–water partition coefficient (Wildman–Crippen LogP) is 7.77. The summed E-state index contributed by atoms with van der Waals surface area (Å²) in [5.41, 5.74) is -0.0642. The standard InChI is InChI=1S/C28H45NO2/c1-11-21(3)28(9,24(30)31-10)19-25(4,5)23(22-16-14-13-15-17-22)18-27(8,12-2)26(6,7)20-29/h13-17,21,23H,11-12,18-19H2,1-10H3. The Morgan fingerprint density at radius 2 is 1.61 bits per heavy atom. The highest BCUT2D eigenvalue weighted by molar-refractivity contribution is 5.76. The van der Waals surface area contributed by atoms with Crippen molar-refractivity contribution in [1.82, 2.24) is 0 Å². The lowest BCUT2D eigenvalue weighted by molar-refractivity contribution is -0.158. The van der Waals surface area contributed by atoms with Crippen molar-refractivity contribution in [3.8, 4) is 6.07 Å². The van der Waals surface area contributed by atoms with E-state index in [4.69, 9.17) is 4.74 Å². The molecule has 0 bridgehead atoms. The second-order valence-electron chi connectivity index (χ2n) is 11.2. The van der Waals surface area contributed by atoms with Crippen molar-refractivity contribution in [2.45, 2.75) is 93.9 Å². The van der Waals surface area contributed by atoms with Crippen molar-refractivity contribution in [2.24, 2.45) is 27.6 Å². The molecule has 0 heterocycles. The minimum atomic E-state index is -0.562. The fourth-order valence-corrected chi connectivity index (χ4v) is 5.16. The summed E-state index contributed by atoms with van der Waals surface area (Å²) in [7, 11) is 1.49. The zero-order valence-electron chi connectivity index (χ0n) is 21.6. The van der Waals surface area contributed by atoms with Gasteiger partial charge in [-0.15, -0.1) is 0 Å². The number of rotatable bonds is 11. The second-order valence-corrected chi connectivity index (χ2v) is 11.2. The van der Waals surface area contributed by atoms with Crippen LogP contribution in [-0.4, -0.2) is 13.1 Å². The summed E-state index contributed by atoms with van der Waals surface area (Å²) in [5, 5.41) is 9.93. The number of methoxy groups -OCH3 is 1. The van der Waals surface area contributed by atoms with Crippen LogP contribution < -0.4 is 0 Å². The van der Waals surface area contributed by atoms with Crippen LogP contribution in [-0.2, 0) is 9.53 Å². The Hall–Kier alpha value is -1.82. The Kier molecular flexibility index (Phi) is 8.95. The van der Waals surface area contributed by atoms with Crippen LogP contribution in [0.15, 0.2) is 30.3 Å². The predicted molar refractivity (Wildman–Crippen MR) is 130 cm³/mol. The number of esters is 1. The molecule has 4 unspecified atom stereocenters. The number of nitriles is 1. The smallest absolute Gasteiger partial charge is 0.311 e. The lowest BCUT2D eigenvalue weighted by Crippen LogP contribution is -2.43. The average Bonchev–Trinajstić information content (AvgIpc) is 2.75. The van der Waals surface area contributed by atoms with Crippen LogP contribution in [0.1, 0.15) is 99.5 Å². The SMILES string of the molecule is CCC(C)C(C)(CC(C)(C)C(CC(C)(CC)C(C)(C)C#N)c1ccccc1)C(=O)OC. The fourth-order valence-electron chi connectivity index (χ4n) is 5.16. The molecule has 174 valence electrons. The molecule has 3 heteroatoms. The first kappa shape index (κ1) is 27.2. The van der Waals surface area contributed by atoms with Crippen LogP contribution >= 0.6 is 0 Å². The van der Waals surface area contributed by atoms with Gasteiger partial charge in [0, 0.05) is 0 Å². The summed E-state index contributed by atoms with van der Waals surface area (Å²) in [4.78, 5) is 13.0. The van der Waals surface area contributed by atoms with E-state index in [1.54, 1.807) is 0 Å². The molecule has 0 aromatic heterocycles. The highest BCUT2D eigenvalue weighted by atomic mass is 16.5. The minimum absolute atomic E-state index is 0.127. The monoisotopic (exact) mass is 427 g/mol. The Bertz CT molecular complexity index is 761. The Balaban J connectivity index is 3.55. The molecule has 0 saturated carbocycles. The van der Waals surface area contributed by atoms with E-state index in [9.17, 15) is 10.1 Å². The Morgan fingerprint density at radius 3 is 2.03 bits per heavy atom. The molecule has 4 atom stereocenters. The second kappa shape index (κ2) is 10.2. The van der Waals surface area contributed by atoms with Gasteiger partial charge in [-0.05, 0) is 68.3 Å². The highest BCUT2D eigenvalue weighted by Crippen LogP contribution is 2.55. The van der Waals surface area contributed by atoms with Gasteiger partial charge in [-0.1, -0.05) is 78.3 Å². The summed E-state index contributed by atoms with van der Waals surface area (Å²) in [6.45, 7) is 19.5. The van der Waals surface area contributed by atoms with E-state index in [0.717, 1.165) is 25.7 Å². The van der Waals surface area contributed by atoms with Gasteiger partial charge in [0.1, 0.15) is 0 Å². The van der Waals surface area contributed by atoms with Crippen LogP contribution in [0.3, 0.4) is 0 Å². The van der Waals surface area contributed by atoms with Gasteiger partial charge in [0.2, 0.25) is 0 Å². The first-order chi connectivity index (χ1) is 14.2. The molecule has 0 saturated heterocycles. The summed E-state index contributed by atoms with van der Waals surface area (Å²) >= 11 is 0. The maximum atomic E-state index is 13.0. The van der Waals surface area contributed by atoms with Crippen LogP contribution in [0.4, 0.5) is 0 Å². The van der Waals surface area contributed by atoms with Gasteiger partial charge >= 0.3 is 5.97 Å². The van der Waals surface area contributed by atoms with E-state index >= 15 is 0 Å². The van der Waals surface area contributed by atoms with Crippen molar-refractivity contribution in [1.29, 1.82) is 5.26 Å². The molecular formula is C28H45NO2. The molecule has 0 amide bonds. The molecule has 31 heavy (non-hydrogen) atoms. The summed E-state index contributed by atoms with van der Waals surface area (Å²) in [6.07, 6.45) is 3.46. The average molecular weight is 428 g/mol. The zero-order valence-corrected chi connectivity index (χ0v) is 21.6. The molecule has 0 aliphatic carbocycles. The van der Waals surface area contributed by atoms with Gasteiger partial charge in [-0.25, -0.2) is 0 Å². The Labute approximate surface area is 191 Å². The van der Waals surface area contributed by atoms with Gasteiger partial charge in [0.05, 0.1) is 24.0 Å². The molecule has 0 aliphatic heterocycles. The van der Waals surface area contributed by atoms with Crippen LogP contribution in [0.5, 0.6) is 0 Å². The first-order valence-electron chi connectivity index (χ1n) is 11.8. The molecule has 0 spiro atoms. The molecule has 3 nitrogen and oxygen atoms in total. The first-order valence-corrected chi connectivity index (χ1v) is 11.8. The van der Waals surface area contributed by atoms with Crippen molar-refractivity contribution < 1.29 is 9.53 Å². The highest BCUT2D eigenvalue weighted by Gasteiger charge is 2.49. The summed E-state index contributed by atoms with van der Waals surface area (Å²) in [5.74, 6) is 0.292. The van der Waals surface area contributed by atoms with Crippen LogP contribution in [0.25, 0.3) is 0 Å². The van der Waals surface area contributed by atoms with Gasteiger partial charge in [-0.3, -0.25) is 4.79 Å². The van der Waals surface area contributed by atoms with E-state index < -0.39 is 10.8 Å². The quantitative estimate of drug-likeness (QED) is 0.339. The maximum absolute atomic E-state index is 13.0. The molecule has 1 aromatic rings. The summed E-state index contributed by atoms with van der Waals surface area (Å²) in [6, 6.07) is 13.2. The molecule has 1 rings (SSSR count). The maximum Gasteiger partial charge on any atom is 0.311 e. The van der Waals surface area contributed by atoms with Gasteiger partial charge in [0.15, 0.2) is 0 Å². The lowest BCUT2D eigenvalue weighted by Gasteiger charge is -2.48. The zero-order chi connectivity index (χ0) is 24.1. The number of hydrogen-bond donors (Lipinski definition) is 0. The molecule has 1 aromatic carbocycles. The number of carbonyl (C=O) groups is 1. The third-order valence-corrected chi connectivity index (χ3v) is 8.54. The van der Waals surface area contributed by atoms with Crippen LogP contribution in [0.2, 0.25) is 0 Å². The van der Waals surface area contributed by atoms with Crippen LogP contribution in [0, 0.1) is 38.9 Å². The minimum Gasteiger partial charge on any atom is -0.469 e. The van der Waals surface area contributed by atoms with E-state index in [-0.39, 0.29) is 28.6 Å². The van der Waals surface area contributed by atoms with Crippen molar-refractivity contribution in [2.75, 3.05) is 7.11 Å². The fraction of sp³-hybridized carbons (Fsp3) is 0.714. The van der Waals surface area contributed by atoms with Crippen molar-refractivity contribution in [3.05, 3.63) is 35.9 Å². The van der Waals surface area contributed by atoms with E-state index in [1.165, 1.54) is 12.7 Å². The van der Waals surface area contributed by atoms with Gasteiger partial charge in [-0.2, -0.15) is 5.26 Å². The van der Waals surface area contributed by atoms with Gasteiger partial charge in [0.25, 0.3) is 0 Å². The molecule has 0 radical (unpaired) electrons. The van der Waals surface area contributed by atoms with E-state index in [2.05, 4.69) is 92.6 Å². The Morgan fingerprint density at radius 1 is 1.06 bits per heavy atom. The molecular weight excluding hydrogens is 382 g/mol. The topological polar surface area (TPSA) is 50.1 Å². The van der Waals surface area contributed by atoms with E-state index in [0.29, 0.717) is 0 Å². The summed E-state index contributed by atoms with van der Waals surface area (Å²) < 4.78 is 5.28. The van der Waals surface area contributed by atoms with Crippen molar-refractivity contribution >= 4 is 5.97 Å². The number of carbonyl (C=O) groups excluding carboxylic acids is 1. The molecule has 0 fully saturated rings.